The molecule has 204 valence electrons. The number of aliphatic hydroxyl groups excluding tert-OH is 1. The molecule has 2 atom stereocenters. The Balaban J connectivity index is 3.04. The molecule has 0 saturated heterocycles. The summed E-state index contributed by atoms with van der Waals surface area (Å²) in [6.45, 7) is 4.98. The fourth-order valence-electron chi connectivity index (χ4n) is 2.63. The zero-order valence-corrected chi connectivity index (χ0v) is 20.3. The van der Waals surface area contributed by atoms with Crippen LogP contribution >= 0.6 is 0 Å². The molecule has 6 N–H and O–H groups in total. The van der Waals surface area contributed by atoms with E-state index in [1.807, 2.05) is 5.32 Å². The van der Waals surface area contributed by atoms with Crippen molar-refractivity contribution in [2.75, 3.05) is 18.4 Å². The third-order valence-electron chi connectivity index (χ3n) is 4.01. The van der Waals surface area contributed by atoms with Gasteiger partial charge in [-0.1, -0.05) is 5.92 Å². The number of alkyl halides is 3. The first-order valence-electron chi connectivity index (χ1n) is 10.5. The lowest BCUT2D eigenvalue weighted by atomic mass is 10.1. The minimum atomic E-state index is -5.06. The van der Waals surface area contributed by atoms with Crippen LogP contribution in [0.4, 0.5) is 28.4 Å². The minimum Gasteiger partial charge on any atom is -0.465 e. The minimum absolute atomic E-state index is 0.237. The van der Waals surface area contributed by atoms with Gasteiger partial charge in [0.05, 0.1) is 23.8 Å². The third kappa shape index (κ3) is 12.4. The number of carbonyl (C=O) groups is 4. The molecule has 15 heteroatoms. The quantitative estimate of drug-likeness (QED) is 0.261. The van der Waals surface area contributed by atoms with E-state index in [-0.39, 0.29) is 5.69 Å². The number of carboxylic acid groups (broad SMARTS) is 1. The number of anilines is 1. The monoisotopic (exact) mass is 532 g/mol. The van der Waals surface area contributed by atoms with Crippen LogP contribution in [0.1, 0.15) is 38.1 Å². The van der Waals surface area contributed by atoms with Crippen LogP contribution in [-0.2, 0) is 9.53 Å². The number of aliphatic hydroxyl groups is 1. The molecule has 0 aliphatic rings. The number of hydrogen-bond acceptors (Lipinski definition) is 7. The second-order valence-electron chi connectivity index (χ2n) is 8.26. The maximum absolute atomic E-state index is 12.7. The molecular weight excluding hydrogens is 505 g/mol. The summed E-state index contributed by atoms with van der Waals surface area (Å²) in [5.74, 6) is 2.03. The molecule has 1 aromatic carbocycles. The van der Waals surface area contributed by atoms with E-state index in [1.54, 1.807) is 20.8 Å². The summed E-state index contributed by atoms with van der Waals surface area (Å²) in [5.41, 5.74) is -1.64. The Labute approximate surface area is 209 Å². The smallest absolute Gasteiger partial charge is 0.465 e. The maximum Gasteiger partial charge on any atom is 0.573 e. The predicted octanol–water partition coefficient (Wildman–Crippen LogP) is 1.80. The first kappa shape index (κ1) is 30.8. The molecule has 0 heterocycles. The number of carbonyl (C=O) groups excluding carboxylic acids is 3. The van der Waals surface area contributed by atoms with Crippen molar-refractivity contribution in [2.24, 2.45) is 0 Å². The SMILES string of the molecule is CC#C[C@H](O)[C@H](CNC(=O)O)NC(=O)CNC(=O)c1cc(OC(F)(F)F)ccc1NC(=O)OC(C)(C)C. The first-order valence-corrected chi connectivity index (χ1v) is 10.5. The number of hydrogen-bond donors (Lipinski definition) is 6. The second kappa shape index (κ2) is 13.2. The van der Waals surface area contributed by atoms with E-state index >= 15 is 0 Å². The number of benzene rings is 1. The van der Waals surface area contributed by atoms with Crippen LogP contribution in [0.3, 0.4) is 0 Å². The molecule has 0 aliphatic carbocycles. The largest absolute Gasteiger partial charge is 0.573 e. The molecule has 0 aliphatic heterocycles. The van der Waals surface area contributed by atoms with Gasteiger partial charge in [-0.2, -0.15) is 0 Å². The fraction of sp³-hybridized carbons (Fsp3) is 0.455. The molecule has 12 nitrogen and oxygen atoms in total. The second-order valence-corrected chi connectivity index (χ2v) is 8.26. The van der Waals surface area contributed by atoms with Crippen LogP contribution in [0.25, 0.3) is 0 Å². The Morgan fingerprint density at radius 3 is 2.30 bits per heavy atom. The van der Waals surface area contributed by atoms with Gasteiger partial charge in [-0.3, -0.25) is 14.9 Å². The molecule has 0 aromatic heterocycles. The predicted molar refractivity (Wildman–Crippen MR) is 123 cm³/mol. The molecule has 0 spiro atoms. The van der Waals surface area contributed by atoms with Crippen LogP contribution < -0.4 is 26.0 Å². The molecule has 4 amide bonds. The van der Waals surface area contributed by atoms with Crippen molar-refractivity contribution in [3.8, 4) is 17.6 Å². The van der Waals surface area contributed by atoms with Gasteiger partial charge in [-0.25, -0.2) is 9.59 Å². The maximum atomic E-state index is 12.7. The van der Waals surface area contributed by atoms with Crippen molar-refractivity contribution in [1.29, 1.82) is 0 Å². The van der Waals surface area contributed by atoms with Crippen LogP contribution in [-0.4, -0.2) is 71.4 Å². The molecule has 0 unspecified atom stereocenters. The molecule has 1 rings (SSSR count). The molecule has 0 radical (unpaired) electrons. The summed E-state index contributed by atoms with van der Waals surface area (Å²) < 4.78 is 46.8. The van der Waals surface area contributed by atoms with E-state index in [9.17, 15) is 37.5 Å². The van der Waals surface area contributed by atoms with E-state index in [2.05, 4.69) is 32.5 Å². The Bertz CT molecular complexity index is 1060. The number of ether oxygens (including phenoxy) is 2. The van der Waals surface area contributed by atoms with Gasteiger partial charge in [-0.05, 0) is 45.9 Å². The lowest BCUT2D eigenvalue weighted by Crippen LogP contribution is -2.52. The Morgan fingerprint density at radius 1 is 1.11 bits per heavy atom. The fourth-order valence-corrected chi connectivity index (χ4v) is 2.63. The molecule has 0 fully saturated rings. The molecule has 1 aromatic rings. The summed E-state index contributed by atoms with van der Waals surface area (Å²) >= 11 is 0. The van der Waals surface area contributed by atoms with Crippen LogP contribution in [0.15, 0.2) is 18.2 Å². The van der Waals surface area contributed by atoms with Crippen molar-refractivity contribution < 1.29 is 52.0 Å². The molecule has 0 bridgehead atoms. The van der Waals surface area contributed by atoms with Gasteiger partial charge < -0.3 is 35.6 Å². The van der Waals surface area contributed by atoms with Gasteiger partial charge >= 0.3 is 18.5 Å². The van der Waals surface area contributed by atoms with Crippen molar-refractivity contribution in [2.45, 2.75) is 51.8 Å². The zero-order chi connectivity index (χ0) is 28.4. The van der Waals surface area contributed by atoms with E-state index in [1.165, 1.54) is 6.92 Å². The lowest BCUT2D eigenvalue weighted by Gasteiger charge is -2.21. The van der Waals surface area contributed by atoms with E-state index in [0.717, 1.165) is 12.1 Å². The lowest BCUT2D eigenvalue weighted by molar-refractivity contribution is -0.274. The summed E-state index contributed by atoms with van der Waals surface area (Å²) in [7, 11) is 0. The van der Waals surface area contributed by atoms with E-state index < -0.39 is 72.5 Å². The zero-order valence-electron chi connectivity index (χ0n) is 20.3. The summed E-state index contributed by atoms with van der Waals surface area (Å²) in [5, 5.41) is 27.4. The van der Waals surface area contributed by atoms with Crippen molar-refractivity contribution in [1.82, 2.24) is 16.0 Å². The summed E-state index contributed by atoms with van der Waals surface area (Å²) in [6, 6.07) is 1.36. The average Bonchev–Trinajstić information content (AvgIpc) is 2.73. The van der Waals surface area contributed by atoms with Gasteiger partial charge in [0.25, 0.3) is 5.91 Å². The van der Waals surface area contributed by atoms with E-state index in [4.69, 9.17) is 9.84 Å². The Hall–Kier alpha value is -4.19. The number of nitrogens with one attached hydrogen (secondary N) is 4. The van der Waals surface area contributed by atoms with E-state index in [0.29, 0.717) is 6.07 Å². The van der Waals surface area contributed by atoms with Gasteiger partial charge in [0, 0.05) is 6.54 Å². The van der Waals surface area contributed by atoms with Gasteiger partial charge in [0.15, 0.2) is 0 Å². The average molecular weight is 532 g/mol. The highest BCUT2D eigenvalue weighted by Crippen LogP contribution is 2.27. The number of amides is 4. The number of halogens is 3. The van der Waals surface area contributed by atoms with Gasteiger partial charge in [0.1, 0.15) is 17.5 Å². The summed E-state index contributed by atoms with van der Waals surface area (Å²) in [6.07, 6.45) is -8.93. The van der Waals surface area contributed by atoms with Crippen molar-refractivity contribution >= 4 is 29.7 Å². The van der Waals surface area contributed by atoms with Crippen molar-refractivity contribution in [3.05, 3.63) is 23.8 Å². The standard InChI is InChI=1S/C22H27F3N4O8/c1-5-6-16(30)15(10-27-19(33)34)28-17(31)11-26-18(32)13-9-12(36-22(23,24)25)7-8-14(13)29-20(35)37-21(2,3)4/h7-9,15-16,27,30H,10-11H2,1-4H3,(H,26,32)(H,28,31)(H,29,35)(H,33,34)/t15-,16-/m0/s1. The van der Waals surface area contributed by atoms with Crippen LogP contribution in [0.2, 0.25) is 0 Å². The molecule has 0 saturated carbocycles. The van der Waals surface area contributed by atoms with Gasteiger partial charge in [-0.15, -0.1) is 19.1 Å². The Morgan fingerprint density at radius 2 is 1.76 bits per heavy atom. The third-order valence-corrected chi connectivity index (χ3v) is 4.01. The van der Waals surface area contributed by atoms with Crippen molar-refractivity contribution in [3.63, 3.8) is 0 Å². The van der Waals surface area contributed by atoms with Gasteiger partial charge in [0.2, 0.25) is 5.91 Å². The highest BCUT2D eigenvalue weighted by molar-refractivity contribution is 6.04. The van der Waals surface area contributed by atoms with Crippen LogP contribution in [0, 0.1) is 11.8 Å². The highest BCUT2D eigenvalue weighted by atomic mass is 19.4. The molecule has 37 heavy (non-hydrogen) atoms. The normalized spacial score (nSPS) is 12.6. The summed E-state index contributed by atoms with van der Waals surface area (Å²) in [4.78, 5) is 47.8. The number of rotatable bonds is 9. The Kier molecular flexibility index (Phi) is 11.0. The highest BCUT2D eigenvalue weighted by Gasteiger charge is 2.32. The topological polar surface area (TPSA) is 175 Å². The molecular formula is C22H27F3N4O8. The van der Waals surface area contributed by atoms with Crippen LogP contribution in [0.5, 0.6) is 5.75 Å². The first-order chi connectivity index (χ1) is 17.0.